The van der Waals surface area contributed by atoms with Crippen LogP contribution < -0.4 is 0 Å². The molecule has 0 heterocycles. The molecule has 0 spiro atoms. The lowest BCUT2D eigenvalue weighted by Crippen LogP contribution is -2.06. The van der Waals surface area contributed by atoms with E-state index in [9.17, 15) is 13.6 Å². The molecule has 0 aliphatic carbocycles. The number of aliphatic imine (C=N–C) groups is 1. The quantitative estimate of drug-likeness (QED) is 0.845. The molecule has 0 aliphatic heterocycles. The molecule has 5 heteroatoms. The molecule has 0 aliphatic rings. The zero-order valence-electron chi connectivity index (χ0n) is 12.7. The smallest absolute Gasteiger partial charge is 0.335 e. The van der Waals surface area contributed by atoms with Gasteiger partial charge in [-0.25, -0.2) is 13.6 Å². The van der Waals surface area contributed by atoms with E-state index < -0.39 is 12.4 Å². The maximum absolute atomic E-state index is 11.9. The molecule has 0 saturated heterocycles. The zero-order chi connectivity index (χ0) is 16.4. The van der Waals surface area contributed by atoms with Crippen LogP contribution in [-0.2, 0) is 6.42 Å². The third-order valence-electron chi connectivity index (χ3n) is 2.53. The molecule has 1 aromatic carbocycles. The number of hydrogen-bond acceptors (Lipinski definition) is 2. The molecule has 21 heavy (non-hydrogen) atoms. The van der Waals surface area contributed by atoms with E-state index in [1.165, 1.54) is 13.1 Å². The van der Waals surface area contributed by atoms with Gasteiger partial charge in [0.05, 0.1) is 5.56 Å². The van der Waals surface area contributed by atoms with Gasteiger partial charge in [0.15, 0.2) is 0 Å². The predicted octanol–water partition coefficient (Wildman–Crippen LogP) is 4.24. The highest BCUT2D eigenvalue weighted by Crippen LogP contribution is 2.04. The van der Waals surface area contributed by atoms with Crippen molar-refractivity contribution in [2.75, 3.05) is 7.05 Å². The lowest BCUT2D eigenvalue weighted by molar-refractivity contribution is 0.0697. The Bertz CT molecular complexity index is 502. The Balaban J connectivity index is 0.000000384. The minimum atomic E-state index is -2.46. The van der Waals surface area contributed by atoms with Crippen LogP contribution in [0.25, 0.3) is 0 Å². The summed E-state index contributed by atoms with van der Waals surface area (Å²) in [6, 6.07) is 6.93. The summed E-state index contributed by atoms with van der Waals surface area (Å²) in [4.78, 5) is 13.8. The normalized spacial score (nSPS) is 10.7. The van der Waals surface area contributed by atoms with E-state index in [0.29, 0.717) is 5.56 Å². The van der Waals surface area contributed by atoms with Crippen LogP contribution in [0.1, 0.15) is 36.7 Å². The van der Waals surface area contributed by atoms with Crippen molar-refractivity contribution in [3.8, 4) is 0 Å². The summed E-state index contributed by atoms with van der Waals surface area (Å²) in [5.74, 6) is -0.868. The lowest BCUT2D eigenvalue weighted by atomic mass is 10.1. The van der Waals surface area contributed by atoms with Gasteiger partial charge in [0.1, 0.15) is 5.71 Å². The van der Waals surface area contributed by atoms with Crippen molar-refractivity contribution in [3.05, 3.63) is 47.0 Å². The summed E-state index contributed by atoms with van der Waals surface area (Å²) in [5, 5.41) is 8.55. The second-order valence-electron chi connectivity index (χ2n) is 4.53. The number of allylic oxidation sites excluding steroid dienone is 2. The fourth-order valence-corrected chi connectivity index (χ4v) is 1.40. The summed E-state index contributed by atoms with van der Waals surface area (Å²) in [7, 11) is 1.36. The first-order valence-electron chi connectivity index (χ1n) is 6.53. The second-order valence-corrected chi connectivity index (χ2v) is 4.53. The standard InChI is InChI=1S/C9H10O2.C7H11F2N/c1-2-7-3-5-8(6-4-7)9(10)11;1-5(2)4-6(10-3)7(8)9/h3-6H,2H2,1H3,(H,10,11);4,7H,1-3H3. The molecule has 1 aromatic rings. The molecule has 3 nitrogen and oxygen atoms in total. The molecule has 1 rings (SSSR count). The van der Waals surface area contributed by atoms with E-state index in [1.54, 1.807) is 26.0 Å². The van der Waals surface area contributed by atoms with Crippen LogP contribution in [0.4, 0.5) is 8.78 Å². The molecule has 1 N–H and O–H groups in total. The molecule has 0 unspecified atom stereocenters. The molecule has 0 saturated carbocycles. The first-order valence-corrected chi connectivity index (χ1v) is 6.53. The van der Waals surface area contributed by atoms with Crippen LogP contribution in [0.3, 0.4) is 0 Å². The number of alkyl halides is 2. The largest absolute Gasteiger partial charge is 0.478 e. The Morgan fingerprint density at radius 1 is 1.29 bits per heavy atom. The van der Waals surface area contributed by atoms with Crippen molar-refractivity contribution in [2.24, 2.45) is 4.99 Å². The van der Waals surface area contributed by atoms with Crippen molar-refractivity contribution in [1.82, 2.24) is 0 Å². The number of rotatable bonds is 4. The molecule has 0 amide bonds. The topological polar surface area (TPSA) is 49.7 Å². The minimum Gasteiger partial charge on any atom is -0.478 e. The Morgan fingerprint density at radius 2 is 1.81 bits per heavy atom. The Morgan fingerprint density at radius 3 is 2.05 bits per heavy atom. The van der Waals surface area contributed by atoms with Crippen LogP contribution in [0, 0.1) is 0 Å². The number of nitrogens with zero attached hydrogens (tertiary/aromatic N) is 1. The summed E-state index contributed by atoms with van der Waals surface area (Å²) in [6.45, 7) is 5.55. The Labute approximate surface area is 124 Å². The van der Waals surface area contributed by atoms with E-state index in [0.717, 1.165) is 17.6 Å². The van der Waals surface area contributed by atoms with Gasteiger partial charge in [-0.05, 0) is 44.0 Å². The number of halogens is 2. The van der Waals surface area contributed by atoms with Gasteiger partial charge in [-0.2, -0.15) is 0 Å². The molecule has 0 fully saturated rings. The van der Waals surface area contributed by atoms with E-state index >= 15 is 0 Å². The highest BCUT2D eigenvalue weighted by atomic mass is 19.3. The maximum atomic E-state index is 11.9. The maximum Gasteiger partial charge on any atom is 0.335 e. The Kier molecular flexibility index (Phi) is 8.85. The van der Waals surface area contributed by atoms with Gasteiger partial charge in [-0.1, -0.05) is 24.6 Å². The lowest BCUT2D eigenvalue weighted by Gasteiger charge is -1.97. The number of carboxylic acids is 1. The third kappa shape index (κ3) is 7.97. The minimum absolute atomic E-state index is 0.153. The zero-order valence-corrected chi connectivity index (χ0v) is 12.7. The van der Waals surface area contributed by atoms with Crippen LogP contribution >= 0.6 is 0 Å². The van der Waals surface area contributed by atoms with Gasteiger partial charge >= 0.3 is 5.97 Å². The molecular formula is C16H21F2NO2. The summed E-state index contributed by atoms with van der Waals surface area (Å²) >= 11 is 0. The van der Waals surface area contributed by atoms with Crippen molar-refractivity contribution in [2.45, 2.75) is 33.6 Å². The SMILES string of the molecule is CCc1ccc(C(=O)O)cc1.CN=C(C=C(C)C)C(F)F. The summed E-state index contributed by atoms with van der Waals surface area (Å²) < 4.78 is 23.8. The van der Waals surface area contributed by atoms with Crippen LogP contribution in [0.5, 0.6) is 0 Å². The number of aryl methyl sites for hydroxylation is 1. The number of carbonyl (C=O) groups is 1. The van der Waals surface area contributed by atoms with Gasteiger partial charge in [0.2, 0.25) is 0 Å². The number of aromatic carboxylic acids is 1. The van der Waals surface area contributed by atoms with E-state index in [2.05, 4.69) is 4.99 Å². The molecule has 116 valence electrons. The van der Waals surface area contributed by atoms with Crippen molar-refractivity contribution in [3.63, 3.8) is 0 Å². The fraction of sp³-hybridized carbons (Fsp3) is 0.375. The molecule has 0 bridgehead atoms. The molecular weight excluding hydrogens is 276 g/mol. The van der Waals surface area contributed by atoms with Gasteiger partial charge in [-0.3, -0.25) is 4.99 Å². The number of benzene rings is 1. The Hall–Kier alpha value is -2.04. The number of hydrogen-bond donors (Lipinski definition) is 1. The van der Waals surface area contributed by atoms with Crippen molar-refractivity contribution < 1.29 is 18.7 Å². The monoisotopic (exact) mass is 297 g/mol. The van der Waals surface area contributed by atoms with E-state index in [4.69, 9.17) is 5.11 Å². The van der Waals surface area contributed by atoms with E-state index in [-0.39, 0.29) is 5.71 Å². The summed E-state index contributed by atoms with van der Waals surface area (Å²) in [5.41, 5.74) is 2.19. The summed E-state index contributed by atoms with van der Waals surface area (Å²) in [6.07, 6.45) is -0.134. The molecule has 0 aromatic heterocycles. The molecule has 0 radical (unpaired) electrons. The second kappa shape index (κ2) is 9.80. The average molecular weight is 297 g/mol. The highest BCUT2D eigenvalue weighted by Gasteiger charge is 2.07. The highest BCUT2D eigenvalue weighted by molar-refractivity contribution is 5.97. The first kappa shape index (κ1) is 19.0. The van der Waals surface area contributed by atoms with Crippen LogP contribution in [-0.4, -0.2) is 30.3 Å². The fourth-order valence-electron chi connectivity index (χ4n) is 1.40. The van der Waals surface area contributed by atoms with E-state index in [1.807, 2.05) is 19.1 Å². The third-order valence-corrected chi connectivity index (χ3v) is 2.53. The van der Waals surface area contributed by atoms with Gasteiger partial charge in [-0.15, -0.1) is 0 Å². The van der Waals surface area contributed by atoms with Crippen LogP contribution in [0.15, 0.2) is 40.9 Å². The average Bonchev–Trinajstić information content (AvgIpc) is 2.45. The molecule has 0 atom stereocenters. The van der Waals surface area contributed by atoms with Gasteiger partial charge in [0.25, 0.3) is 6.43 Å². The first-order chi connectivity index (χ1) is 9.81. The van der Waals surface area contributed by atoms with Crippen LogP contribution in [0.2, 0.25) is 0 Å². The van der Waals surface area contributed by atoms with Gasteiger partial charge < -0.3 is 5.11 Å². The van der Waals surface area contributed by atoms with Crippen molar-refractivity contribution >= 4 is 11.7 Å². The number of carboxylic acid groups (broad SMARTS) is 1. The van der Waals surface area contributed by atoms with Gasteiger partial charge in [0, 0.05) is 7.05 Å². The van der Waals surface area contributed by atoms with Crippen molar-refractivity contribution in [1.29, 1.82) is 0 Å². The predicted molar refractivity (Wildman–Crippen MR) is 81.6 cm³/mol.